The van der Waals surface area contributed by atoms with Gasteiger partial charge in [0.05, 0.1) is 5.52 Å². The average molecular weight is 174 g/mol. The van der Waals surface area contributed by atoms with Gasteiger partial charge >= 0.3 is 0 Å². The number of pyridine rings is 1. The Balaban J connectivity index is 2.95. The van der Waals surface area contributed by atoms with E-state index < -0.39 is 0 Å². The van der Waals surface area contributed by atoms with Gasteiger partial charge in [0, 0.05) is 17.6 Å². The number of rotatable bonds is 0. The zero-order valence-electron chi connectivity index (χ0n) is 8.26. The summed E-state index contributed by atoms with van der Waals surface area (Å²) in [7, 11) is 0. The second-order valence-corrected chi connectivity index (χ2v) is 3.55. The molecule has 0 saturated heterocycles. The number of anilines is 1. The van der Waals surface area contributed by atoms with E-state index in [0.717, 1.165) is 5.69 Å². The first kappa shape index (κ1) is 8.17. The molecule has 13 heavy (non-hydrogen) atoms. The second-order valence-electron chi connectivity index (χ2n) is 3.55. The minimum atomic E-state index is 0.827. The van der Waals surface area contributed by atoms with Crippen molar-refractivity contribution in [3.63, 3.8) is 0 Å². The molecule has 0 spiro atoms. The van der Waals surface area contributed by atoms with Crippen molar-refractivity contribution < 1.29 is 0 Å². The number of aromatic nitrogens is 1. The summed E-state index contributed by atoms with van der Waals surface area (Å²) in [6, 6.07) is 3.95. The summed E-state index contributed by atoms with van der Waals surface area (Å²) in [4.78, 5) is 0. The van der Waals surface area contributed by atoms with Crippen molar-refractivity contribution in [1.82, 2.24) is 4.40 Å². The third-order valence-corrected chi connectivity index (χ3v) is 2.83. The number of fused-ring (bicyclic) bond motifs is 1. The van der Waals surface area contributed by atoms with Crippen LogP contribution in [0.4, 0.5) is 5.69 Å². The summed E-state index contributed by atoms with van der Waals surface area (Å²) in [5.41, 5.74) is 11.8. The lowest BCUT2D eigenvalue weighted by Gasteiger charge is -1.99. The van der Waals surface area contributed by atoms with Crippen LogP contribution in [-0.2, 0) is 0 Å². The fraction of sp³-hybridized carbons (Fsp3) is 0.273. The molecule has 2 nitrogen and oxygen atoms in total. The molecule has 2 heteroatoms. The molecular formula is C11H14N2. The molecule has 0 atom stereocenters. The van der Waals surface area contributed by atoms with E-state index in [1.54, 1.807) is 0 Å². The molecule has 0 aromatic carbocycles. The van der Waals surface area contributed by atoms with Crippen LogP contribution in [0, 0.1) is 20.8 Å². The van der Waals surface area contributed by atoms with Gasteiger partial charge in [0.15, 0.2) is 0 Å². The molecule has 0 aliphatic rings. The van der Waals surface area contributed by atoms with Crippen LogP contribution in [0.2, 0.25) is 0 Å². The summed E-state index contributed by atoms with van der Waals surface area (Å²) in [5.74, 6) is 0. The predicted octanol–water partition coefficient (Wildman–Crippen LogP) is 2.45. The van der Waals surface area contributed by atoms with Gasteiger partial charge < -0.3 is 10.1 Å². The van der Waals surface area contributed by atoms with Crippen molar-refractivity contribution in [3.8, 4) is 0 Å². The van der Waals surface area contributed by atoms with Crippen LogP contribution in [-0.4, -0.2) is 4.40 Å². The van der Waals surface area contributed by atoms with E-state index in [-0.39, 0.29) is 0 Å². The summed E-state index contributed by atoms with van der Waals surface area (Å²) in [6.07, 6.45) is 2.03. The van der Waals surface area contributed by atoms with E-state index in [0.29, 0.717) is 0 Å². The molecule has 0 aliphatic heterocycles. The maximum absolute atomic E-state index is 5.74. The van der Waals surface area contributed by atoms with E-state index in [2.05, 4.69) is 25.2 Å². The van der Waals surface area contributed by atoms with Gasteiger partial charge in [0.2, 0.25) is 0 Å². The van der Waals surface area contributed by atoms with Crippen molar-refractivity contribution in [3.05, 3.63) is 35.2 Å². The second kappa shape index (κ2) is 2.52. The Bertz CT molecular complexity index is 466. The Morgan fingerprint density at radius 3 is 2.54 bits per heavy atom. The van der Waals surface area contributed by atoms with Crippen LogP contribution in [0.1, 0.15) is 16.8 Å². The molecule has 68 valence electrons. The van der Waals surface area contributed by atoms with Crippen molar-refractivity contribution in [2.24, 2.45) is 0 Å². The fourth-order valence-electron chi connectivity index (χ4n) is 1.74. The van der Waals surface area contributed by atoms with Gasteiger partial charge in [-0.3, -0.25) is 0 Å². The van der Waals surface area contributed by atoms with Crippen molar-refractivity contribution >= 4 is 11.2 Å². The van der Waals surface area contributed by atoms with Crippen LogP contribution in [0.25, 0.3) is 5.52 Å². The highest BCUT2D eigenvalue weighted by molar-refractivity contribution is 5.65. The highest BCUT2D eigenvalue weighted by Gasteiger charge is 2.07. The summed E-state index contributed by atoms with van der Waals surface area (Å²) >= 11 is 0. The first-order valence-corrected chi connectivity index (χ1v) is 4.44. The molecule has 0 aliphatic carbocycles. The first-order valence-electron chi connectivity index (χ1n) is 4.44. The van der Waals surface area contributed by atoms with E-state index >= 15 is 0 Å². The SMILES string of the molecule is Cc1c(C)c2cc(N)ccn2c1C. The molecular weight excluding hydrogens is 160 g/mol. The lowest BCUT2D eigenvalue weighted by molar-refractivity contribution is 1.10. The average Bonchev–Trinajstić information content (AvgIpc) is 2.32. The van der Waals surface area contributed by atoms with Crippen molar-refractivity contribution in [2.75, 3.05) is 5.73 Å². The Hall–Kier alpha value is -1.44. The monoisotopic (exact) mass is 174 g/mol. The lowest BCUT2D eigenvalue weighted by atomic mass is 10.2. The summed E-state index contributed by atoms with van der Waals surface area (Å²) < 4.78 is 2.18. The van der Waals surface area contributed by atoms with Gasteiger partial charge in [-0.05, 0) is 44.0 Å². The number of nitrogens with two attached hydrogens (primary N) is 1. The van der Waals surface area contributed by atoms with Gasteiger partial charge in [-0.15, -0.1) is 0 Å². The van der Waals surface area contributed by atoms with Crippen LogP contribution in [0.15, 0.2) is 18.3 Å². The minimum absolute atomic E-state index is 0.827. The molecule has 2 heterocycles. The Morgan fingerprint density at radius 2 is 1.85 bits per heavy atom. The van der Waals surface area contributed by atoms with Crippen LogP contribution in [0.3, 0.4) is 0 Å². The van der Waals surface area contributed by atoms with E-state index in [1.165, 1.54) is 22.3 Å². The summed E-state index contributed by atoms with van der Waals surface area (Å²) in [6.45, 7) is 6.41. The molecule has 0 radical (unpaired) electrons. The zero-order chi connectivity index (χ0) is 9.59. The van der Waals surface area contributed by atoms with Gasteiger partial charge in [-0.1, -0.05) is 0 Å². The number of nitrogen functional groups attached to an aromatic ring is 1. The third kappa shape index (κ3) is 1.02. The van der Waals surface area contributed by atoms with E-state index in [1.807, 2.05) is 18.3 Å². The molecule has 0 saturated carbocycles. The third-order valence-electron chi connectivity index (χ3n) is 2.83. The fourth-order valence-corrected chi connectivity index (χ4v) is 1.74. The van der Waals surface area contributed by atoms with E-state index in [4.69, 9.17) is 5.73 Å². The maximum atomic E-state index is 5.74. The smallest absolute Gasteiger partial charge is 0.0505 e. The predicted molar refractivity (Wildman–Crippen MR) is 56.0 cm³/mol. The normalized spacial score (nSPS) is 11.0. The number of hydrogen-bond acceptors (Lipinski definition) is 1. The topological polar surface area (TPSA) is 30.4 Å². The molecule has 2 rings (SSSR count). The first-order chi connectivity index (χ1) is 6.11. The zero-order valence-corrected chi connectivity index (χ0v) is 8.26. The standard InChI is InChI=1S/C11H14N2/c1-7-8(2)11-6-10(12)4-5-13(11)9(7)3/h4-6H,12H2,1-3H3. The number of aryl methyl sites for hydroxylation is 2. The van der Waals surface area contributed by atoms with Crippen LogP contribution >= 0.6 is 0 Å². The van der Waals surface area contributed by atoms with E-state index in [9.17, 15) is 0 Å². The highest BCUT2D eigenvalue weighted by atomic mass is 14.9. The van der Waals surface area contributed by atoms with Crippen molar-refractivity contribution in [1.29, 1.82) is 0 Å². The quantitative estimate of drug-likeness (QED) is 0.653. The number of nitrogens with zero attached hydrogens (tertiary/aromatic N) is 1. The molecule has 2 N–H and O–H groups in total. The Labute approximate surface area is 78.0 Å². The molecule has 2 aromatic heterocycles. The minimum Gasteiger partial charge on any atom is -0.399 e. The number of hydrogen-bond donors (Lipinski definition) is 1. The van der Waals surface area contributed by atoms with Crippen LogP contribution in [0.5, 0.6) is 0 Å². The van der Waals surface area contributed by atoms with Gasteiger partial charge in [-0.2, -0.15) is 0 Å². The van der Waals surface area contributed by atoms with Gasteiger partial charge in [-0.25, -0.2) is 0 Å². The molecule has 0 bridgehead atoms. The van der Waals surface area contributed by atoms with Crippen molar-refractivity contribution in [2.45, 2.75) is 20.8 Å². The Kier molecular flexibility index (Phi) is 1.59. The van der Waals surface area contributed by atoms with Gasteiger partial charge in [0.25, 0.3) is 0 Å². The van der Waals surface area contributed by atoms with Gasteiger partial charge in [0.1, 0.15) is 0 Å². The van der Waals surface area contributed by atoms with Crippen LogP contribution < -0.4 is 5.73 Å². The molecule has 2 aromatic rings. The Morgan fingerprint density at radius 1 is 1.15 bits per heavy atom. The molecule has 0 unspecified atom stereocenters. The highest BCUT2D eigenvalue weighted by Crippen LogP contribution is 2.22. The molecule has 0 fully saturated rings. The lowest BCUT2D eigenvalue weighted by Crippen LogP contribution is -1.90. The summed E-state index contributed by atoms with van der Waals surface area (Å²) in [5, 5.41) is 0. The molecule has 0 amide bonds. The largest absolute Gasteiger partial charge is 0.399 e. The maximum Gasteiger partial charge on any atom is 0.0505 e.